The van der Waals surface area contributed by atoms with E-state index in [1.165, 1.54) is 28.3 Å². The lowest BCUT2D eigenvalue weighted by molar-refractivity contribution is 0.0953. The summed E-state index contributed by atoms with van der Waals surface area (Å²) in [6, 6.07) is 10.1. The molecule has 0 spiro atoms. The summed E-state index contributed by atoms with van der Waals surface area (Å²) in [6.45, 7) is 1.88. The summed E-state index contributed by atoms with van der Waals surface area (Å²) in [6.07, 6.45) is 3.81. The van der Waals surface area contributed by atoms with Crippen LogP contribution in [0, 0.1) is 17.1 Å². The molecule has 0 radical (unpaired) electrons. The van der Waals surface area contributed by atoms with Crippen LogP contribution in [-0.2, 0) is 13.0 Å². The number of amides is 1. The number of benzene rings is 1. The molecule has 10 heteroatoms. The van der Waals surface area contributed by atoms with E-state index in [-0.39, 0.29) is 18.1 Å². The maximum absolute atomic E-state index is 14.6. The Bertz CT molecular complexity index is 1340. The zero-order chi connectivity index (χ0) is 22.7. The number of rotatable bonds is 6. The van der Waals surface area contributed by atoms with Gasteiger partial charge >= 0.3 is 0 Å². The number of carbonyl (C=O) groups is 1. The standard InChI is InChI=1S/C22H16ClFN6OS/c1-2-18-21(32-12-28-18)22(31)27-11-20-17(24)8-15(10-26-20)30-6-5-19(29-30)13-3-4-14(9-25)16(23)7-13/h3-8,10,12H,2,11H2,1H3,(H,27,31). The van der Waals surface area contributed by atoms with Crippen LogP contribution in [0.4, 0.5) is 4.39 Å². The highest BCUT2D eigenvalue weighted by Crippen LogP contribution is 2.25. The summed E-state index contributed by atoms with van der Waals surface area (Å²) >= 11 is 7.34. The van der Waals surface area contributed by atoms with Crippen LogP contribution in [0.2, 0.25) is 5.02 Å². The molecule has 3 heterocycles. The van der Waals surface area contributed by atoms with Gasteiger partial charge in [-0.3, -0.25) is 9.78 Å². The fourth-order valence-corrected chi connectivity index (χ4v) is 4.07. The van der Waals surface area contributed by atoms with Crippen molar-refractivity contribution in [3.05, 3.63) is 80.9 Å². The number of hydrogen-bond donors (Lipinski definition) is 1. The molecule has 1 aromatic carbocycles. The number of nitriles is 1. The van der Waals surface area contributed by atoms with Crippen molar-refractivity contribution in [2.24, 2.45) is 0 Å². The van der Waals surface area contributed by atoms with Crippen LogP contribution in [0.5, 0.6) is 0 Å². The summed E-state index contributed by atoms with van der Waals surface area (Å²) in [4.78, 5) is 21.1. The molecule has 0 aliphatic heterocycles. The topological polar surface area (TPSA) is 96.5 Å². The van der Waals surface area contributed by atoms with Crippen LogP contribution in [0.15, 0.2) is 48.2 Å². The lowest BCUT2D eigenvalue weighted by atomic mass is 10.1. The predicted octanol–water partition coefficient (Wildman–Crippen LogP) is 4.55. The monoisotopic (exact) mass is 466 g/mol. The number of nitrogens with one attached hydrogen (secondary N) is 1. The minimum absolute atomic E-state index is 0.0416. The number of aromatic nitrogens is 4. The first-order valence-corrected chi connectivity index (χ1v) is 10.9. The number of aryl methyl sites for hydroxylation is 1. The molecule has 0 aliphatic carbocycles. The van der Waals surface area contributed by atoms with Gasteiger partial charge in [-0.25, -0.2) is 14.1 Å². The quantitative estimate of drug-likeness (QED) is 0.449. The van der Waals surface area contributed by atoms with Crippen molar-refractivity contribution in [3.63, 3.8) is 0 Å². The maximum atomic E-state index is 14.6. The molecule has 32 heavy (non-hydrogen) atoms. The second kappa shape index (κ2) is 9.26. The molecule has 1 amide bonds. The van der Waals surface area contributed by atoms with Gasteiger partial charge in [-0.2, -0.15) is 10.4 Å². The van der Waals surface area contributed by atoms with Crippen LogP contribution in [0.25, 0.3) is 16.9 Å². The molecule has 0 fully saturated rings. The van der Waals surface area contributed by atoms with E-state index < -0.39 is 5.82 Å². The molecule has 0 saturated heterocycles. The Labute approximate surface area is 192 Å². The van der Waals surface area contributed by atoms with Crippen molar-refractivity contribution < 1.29 is 9.18 Å². The SMILES string of the molecule is CCc1ncsc1C(=O)NCc1ncc(-n2ccc(-c3ccc(C#N)c(Cl)c3)n2)cc1F. The number of pyridine rings is 1. The zero-order valence-electron chi connectivity index (χ0n) is 16.8. The van der Waals surface area contributed by atoms with Gasteiger partial charge in [0.2, 0.25) is 0 Å². The Kier molecular flexibility index (Phi) is 6.25. The third-order valence-corrected chi connectivity index (χ3v) is 5.92. The van der Waals surface area contributed by atoms with E-state index in [9.17, 15) is 9.18 Å². The van der Waals surface area contributed by atoms with E-state index in [0.29, 0.717) is 39.0 Å². The van der Waals surface area contributed by atoms with Crippen LogP contribution >= 0.6 is 22.9 Å². The van der Waals surface area contributed by atoms with Gasteiger partial charge < -0.3 is 5.32 Å². The summed E-state index contributed by atoms with van der Waals surface area (Å²) in [5, 5.41) is 16.5. The second-order valence-corrected chi connectivity index (χ2v) is 8.00. The predicted molar refractivity (Wildman–Crippen MR) is 119 cm³/mol. The Morgan fingerprint density at radius 2 is 2.12 bits per heavy atom. The normalized spacial score (nSPS) is 10.7. The minimum Gasteiger partial charge on any atom is -0.346 e. The van der Waals surface area contributed by atoms with Crippen molar-refractivity contribution in [1.82, 2.24) is 25.1 Å². The van der Waals surface area contributed by atoms with E-state index in [2.05, 4.69) is 20.4 Å². The first-order valence-electron chi connectivity index (χ1n) is 9.61. The molecule has 1 N–H and O–H groups in total. The molecule has 3 aromatic heterocycles. The molecular weight excluding hydrogens is 451 g/mol. The maximum Gasteiger partial charge on any atom is 0.263 e. The average molecular weight is 467 g/mol. The average Bonchev–Trinajstić information content (AvgIpc) is 3.48. The van der Waals surface area contributed by atoms with Gasteiger partial charge in [0, 0.05) is 17.8 Å². The summed E-state index contributed by atoms with van der Waals surface area (Å²) in [5.74, 6) is -0.853. The Balaban J connectivity index is 1.48. The molecular formula is C22H16ClFN6OS. The third-order valence-electron chi connectivity index (χ3n) is 4.74. The van der Waals surface area contributed by atoms with Crippen molar-refractivity contribution in [2.45, 2.75) is 19.9 Å². The fraction of sp³-hybridized carbons (Fsp3) is 0.136. The van der Waals surface area contributed by atoms with Gasteiger partial charge in [-0.15, -0.1) is 11.3 Å². The molecule has 0 aliphatic rings. The van der Waals surface area contributed by atoms with E-state index in [0.717, 1.165) is 5.56 Å². The number of carbonyl (C=O) groups excluding carboxylic acids is 1. The van der Waals surface area contributed by atoms with Crippen LogP contribution in [0.3, 0.4) is 0 Å². The van der Waals surface area contributed by atoms with Gasteiger partial charge in [0.15, 0.2) is 0 Å². The fourth-order valence-electron chi connectivity index (χ4n) is 3.05. The molecule has 0 unspecified atom stereocenters. The summed E-state index contributed by atoms with van der Waals surface area (Å²) < 4.78 is 16.1. The highest BCUT2D eigenvalue weighted by atomic mass is 35.5. The second-order valence-electron chi connectivity index (χ2n) is 6.74. The van der Waals surface area contributed by atoms with Crippen LogP contribution < -0.4 is 5.32 Å². The smallest absolute Gasteiger partial charge is 0.263 e. The highest BCUT2D eigenvalue weighted by Gasteiger charge is 2.15. The minimum atomic E-state index is -0.554. The van der Waals surface area contributed by atoms with Crippen molar-refractivity contribution >= 4 is 28.8 Å². The third kappa shape index (κ3) is 4.37. The van der Waals surface area contributed by atoms with Crippen LogP contribution in [-0.4, -0.2) is 25.7 Å². The van der Waals surface area contributed by atoms with E-state index in [1.807, 2.05) is 13.0 Å². The van der Waals surface area contributed by atoms with Gasteiger partial charge in [0.05, 0.1) is 51.6 Å². The molecule has 0 saturated carbocycles. The Morgan fingerprint density at radius 1 is 1.28 bits per heavy atom. The van der Waals surface area contributed by atoms with Crippen LogP contribution in [0.1, 0.15) is 33.5 Å². The summed E-state index contributed by atoms with van der Waals surface area (Å²) in [7, 11) is 0. The first kappa shape index (κ1) is 21.6. The summed E-state index contributed by atoms with van der Waals surface area (Å²) in [5.41, 5.74) is 4.61. The zero-order valence-corrected chi connectivity index (χ0v) is 18.4. The largest absolute Gasteiger partial charge is 0.346 e. The highest BCUT2D eigenvalue weighted by molar-refractivity contribution is 7.11. The molecule has 4 aromatic rings. The lowest BCUT2D eigenvalue weighted by Gasteiger charge is -2.07. The molecule has 0 bridgehead atoms. The molecule has 4 rings (SSSR count). The molecule has 160 valence electrons. The van der Waals surface area contributed by atoms with Crippen molar-refractivity contribution in [2.75, 3.05) is 0 Å². The number of nitrogens with zero attached hydrogens (tertiary/aromatic N) is 5. The van der Waals surface area contributed by atoms with Gasteiger partial charge in [-0.1, -0.05) is 24.6 Å². The number of hydrogen-bond acceptors (Lipinski definition) is 6. The van der Waals surface area contributed by atoms with Gasteiger partial charge in [0.25, 0.3) is 5.91 Å². The number of halogens is 2. The molecule has 0 atom stereocenters. The Morgan fingerprint density at radius 3 is 2.84 bits per heavy atom. The van der Waals surface area contributed by atoms with E-state index in [1.54, 1.807) is 36.0 Å². The van der Waals surface area contributed by atoms with E-state index >= 15 is 0 Å². The number of thiazole rings is 1. The van der Waals surface area contributed by atoms with Gasteiger partial charge in [-0.05, 0) is 24.6 Å². The van der Waals surface area contributed by atoms with Crippen molar-refractivity contribution in [1.29, 1.82) is 5.26 Å². The van der Waals surface area contributed by atoms with E-state index in [4.69, 9.17) is 16.9 Å². The van der Waals surface area contributed by atoms with Crippen molar-refractivity contribution in [3.8, 4) is 23.0 Å². The molecule has 7 nitrogen and oxygen atoms in total. The lowest BCUT2D eigenvalue weighted by Crippen LogP contribution is -2.24. The van der Waals surface area contributed by atoms with Gasteiger partial charge in [0.1, 0.15) is 16.8 Å². The first-order chi connectivity index (χ1) is 15.5. The Hall–Kier alpha value is -3.61.